The second-order valence-electron chi connectivity index (χ2n) is 5.57. The van der Waals surface area contributed by atoms with Crippen molar-refractivity contribution in [1.29, 1.82) is 0 Å². The second kappa shape index (κ2) is 7.35. The van der Waals surface area contributed by atoms with Gasteiger partial charge in [-0.05, 0) is 35.4 Å². The maximum absolute atomic E-state index is 12.9. The topological polar surface area (TPSA) is 53.9 Å². The third kappa shape index (κ3) is 4.26. The molecule has 2 aromatic heterocycles. The molecule has 1 aromatic carbocycles. The summed E-state index contributed by atoms with van der Waals surface area (Å²) in [4.78, 5) is 6.26. The van der Waals surface area contributed by atoms with E-state index in [1.165, 1.54) is 23.5 Å². The summed E-state index contributed by atoms with van der Waals surface area (Å²) in [6, 6.07) is 10.5. The maximum Gasteiger partial charge on any atom is 0.205 e. The molecule has 0 amide bonds. The SMILES string of the molecule is CN(C)c1cc(CNc2nnc(Cc3ccc(F)cc3)s2)ccn1. The molecule has 0 fully saturated rings. The molecule has 2 heterocycles. The third-order valence-corrected chi connectivity index (χ3v) is 4.33. The standard InChI is InChI=1S/C17H18FN5S/c1-23(2)15-9-13(7-8-19-15)11-20-17-22-21-16(24-17)10-12-3-5-14(18)6-4-12/h3-9H,10-11H2,1-2H3,(H,20,22). The van der Waals surface area contributed by atoms with Gasteiger partial charge in [0.05, 0.1) is 0 Å². The summed E-state index contributed by atoms with van der Waals surface area (Å²) in [7, 11) is 3.93. The number of halogens is 1. The van der Waals surface area contributed by atoms with Crippen LogP contribution in [0.1, 0.15) is 16.1 Å². The molecular weight excluding hydrogens is 325 g/mol. The Morgan fingerprint density at radius 3 is 2.62 bits per heavy atom. The number of hydrogen-bond acceptors (Lipinski definition) is 6. The Bertz CT molecular complexity index is 801. The molecule has 0 radical (unpaired) electrons. The van der Waals surface area contributed by atoms with Crippen LogP contribution in [0.4, 0.5) is 15.3 Å². The highest BCUT2D eigenvalue weighted by atomic mass is 32.1. The van der Waals surface area contributed by atoms with Gasteiger partial charge in [0, 0.05) is 33.3 Å². The molecule has 0 aliphatic carbocycles. The molecule has 3 aromatic rings. The predicted molar refractivity (Wildman–Crippen MR) is 95.0 cm³/mol. The van der Waals surface area contributed by atoms with E-state index in [1.807, 2.05) is 31.1 Å². The van der Waals surface area contributed by atoms with Gasteiger partial charge in [-0.2, -0.15) is 0 Å². The fourth-order valence-electron chi connectivity index (χ4n) is 2.17. The quantitative estimate of drug-likeness (QED) is 0.744. The average Bonchev–Trinajstić information content (AvgIpc) is 3.03. The van der Waals surface area contributed by atoms with Gasteiger partial charge >= 0.3 is 0 Å². The Balaban J connectivity index is 1.60. The van der Waals surface area contributed by atoms with E-state index in [2.05, 4.69) is 20.5 Å². The molecule has 0 saturated heterocycles. The Labute approximate surface area is 144 Å². The summed E-state index contributed by atoms with van der Waals surface area (Å²) in [6.07, 6.45) is 2.45. The van der Waals surface area contributed by atoms with Gasteiger partial charge in [-0.1, -0.05) is 23.5 Å². The van der Waals surface area contributed by atoms with Crippen LogP contribution in [0, 0.1) is 5.82 Å². The van der Waals surface area contributed by atoms with Gasteiger partial charge in [-0.25, -0.2) is 9.37 Å². The number of aromatic nitrogens is 3. The Morgan fingerprint density at radius 1 is 1.08 bits per heavy atom. The zero-order chi connectivity index (χ0) is 16.9. The van der Waals surface area contributed by atoms with E-state index in [4.69, 9.17) is 0 Å². The van der Waals surface area contributed by atoms with E-state index < -0.39 is 0 Å². The number of nitrogens with zero attached hydrogens (tertiary/aromatic N) is 4. The minimum Gasteiger partial charge on any atom is -0.363 e. The Hall–Kier alpha value is -2.54. The van der Waals surface area contributed by atoms with Gasteiger partial charge in [0.2, 0.25) is 5.13 Å². The minimum atomic E-state index is -0.229. The van der Waals surface area contributed by atoms with Crippen molar-refractivity contribution < 1.29 is 4.39 Å². The zero-order valence-electron chi connectivity index (χ0n) is 13.5. The molecule has 0 bridgehead atoms. The molecule has 0 saturated carbocycles. The molecular formula is C17H18FN5S. The molecule has 1 N–H and O–H groups in total. The van der Waals surface area contributed by atoms with Crippen molar-refractivity contribution in [2.75, 3.05) is 24.3 Å². The van der Waals surface area contributed by atoms with E-state index in [-0.39, 0.29) is 5.82 Å². The van der Waals surface area contributed by atoms with Gasteiger partial charge in [-0.15, -0.1) is 10.2 Å². The van der Waals surface area contributed by atoms with Crippen molar-refractivity contribution in [1.82, 2.24) is 15.2 Å². The van der Waals surface area contributed by atoms with Gasteiger partial charge in [0.1, 0.15) is 16.6 Å². The van der Waals surface area contributed by atoms with E-state index >= 15 is 0 Å². The molecule has 5 nitrogen and oxygen atoms in total. The smallest absolute Gasteiger partial charge is 0.205 e. The van der Waals surface area contributed by atoms with Crippen molar-refractivity contribution in [3.8, 4) is 0 Å². The maximum atomic E-state index is 12.9. The van der Waals surface area contributed by atoms with Gasteiger partial charge in [-0.3, -0.25) is 0 Å². The fraction of sp³-hybridized carbons (Fsp3) is 0.235. The van der Waals surface area contributed by atoms with Crippen molar-refractivity contribution in [3.63, 3.8) is 0 Å². The minimum absolute atomic E-state index is 0.229. The first-order valence-corrected chi connectivity index (χ1v) is 8.35. The first kappa shape index (κ1) is 16.3. The largest absolute Gasteiger partial charge is 0.363 e. The van der Waals surface area contributed by atoms with E-state index in [0.29, 0.717) is 13.0 Å². The summed E-state index contributed by atoms with van der Waals surface area (Å²) in [5, 5.41) is 13.3. The van der Waals surface area contributed by atoms with Gasteiger partial charge in [0.25, 0.3) is 0 Å². The van der Waals surface area contributed by atoms with E-state index in [9.17, 15) is 4.39 Å². The van der Waals surface area contributed by atoms with Crippen LogP contribution in [0.2, 0.25) is 0 Å². The lowest BCUT2D eigenvalue weighted by atomic mass is 10.2. The van der Waals surface area contributed by atoms with Crippen molar-refractivity contribution >= 4 is 22.3 Å². The van der Waals surface area contributed by atoms with Crippen LogP contribution >= 0.6 is 11.3 Å². The molecule has 24 heavy (non-hydrogen) atoms. The van der Waals surface area contributed by atoms with E-state index in [1.54, 1.807) is 18.3 Å². The number of benzene rings is 1. The van der Waals surface area contributed by atoms with Crippen LogP contribution in [0.5, 0.6) is 0 Å². The predicted octanol–water partition coefficient (Wildman–Crippen LogP) is 3.34. The second-order valence-corrected chi connectivity index (χ2v) is 6.64. The third-order valence-electron chi connectivity index (χ3n) is 3.45. The first-order valence-electron chi connectivity index (χ1n) is 7.53. The summed E-state index contributed by atoms with van der Waals surface area (Å²) >= 11 is 1.51. The highest BCUT2D eigenvalue weighted by Gasteiger charge is 2.06. The van der Waals surface area contributed by atoms with Crippen molar-refractivity contribution in [3.05, 3.63) is 64.5 Å². The van der Waals surface area contributed by atoms with Crippen LogP contribution in [-0.2, 0) is 13.0 Å². The van der Waals surface area contributed by atoms with Crippen LogP contribution in [0.3, 0.4) is 0 Å². The number of anilines is 2. The number of nitrogens with one attached hydrogen (secondary N) is 1. The van der Waals surface area contributed by atoms with Crippen molar-refractivity contribution in [2.24, 2.45) is 0 Å². The first-order chi connectivity index (χ1) is 11.6. The van der Waals surface area contributed by atoms with E-state index in [0.717, 1.165) is 27.1 Å². The lowest BCUT2D eigenvalue weighted by Gasteiger charge is -2.12. The van der Waals surface area contributed by atoms with Gasteiger partial charge < -0.3 is 10.2 Å². The average molecular weight is 343 g/mol. The summed E-state index contributed by atoms with van der Waals surface area (Å²) < 4.78 is 12.9. The summed E-state index contributed by atoms with van der Waals surface area (Å²) in [5.74, 6) is 0.691. The highest BCUT2D eigenvalue weighted by Crippen LogP contribution is 2.20. The number of pyridine rings is 1. The Morgan fingerprint density at radius 2 is 1.88 bits per heavy atom. The lowest BCUT2D eigenvalue weighted by Crippen LogP contribution is -2.11. The molecule has 0 unspecified atom stereocenters. The van der Waals surface area contributed by atoms with Gasteiger partial charge in [0.15, 0.2) is 0 Å². The van der Waals surface area contributed by atoms with Crippen molar-refractivity contribution in [2.45, 2.75) is 13.0 Å². The lowest BCUT2D eigenvalue weighted by molar-refractivity contribution is 0.627. The summed E-state index contributed by atoms with van der Waals surface area (Å²) in [5.41, 5.74) is 2.15. The molecule has 7 heteroatoms. The molecule has 0 atom stereocenters. The van der Waals surface area contributed by atoms with Crippen LogP contribution in [-0.4, -0.2) is 29.3 Å². The zero-order valence-corrected chi connectivity index (χ0v) is 14.3. The Kier molecular flexibility index (Phi) is 5.00. The number of hydrogen-bond donors (Lipinski definition) is 1. The van der Waals surface area contributed by atoms with Crippen LogP contribution < -0.4 is 10.2 Å². The highest BCUT2D eigenvalue weighted by molar-refractivity contribution is 7.15. The molecule has 0 spiro atoms. The molecule has 0 aliphatic rings. The fourth-order valence-corrected chi connectivity index (χ4v) is 2.94. The molecule has 0 aliphatic heterocycles. The van der Waals surface area contributed by atoms with Crippen LogP contribution in [0.15, 0.2) is 42.6 Å². The summed E-state index contributed by atoms with van der Waals surface area (Å²) in [6.45, 7) is 0.661. The molecule has 124 valence electrons. The van der Waals surface area contributed by atoms with Crippen LogP contribution in [0.25, 0.3) is 0 Å². The monoisotopic (exact) mass is 343 g/mol. The molecule has 3 rings (SSSR count). The normalized spacial score (nSPS) is 10.6. The number of rotatable bonds is 6.